The molecule has 0 fully saturated rings. The van der Waals surface area contributed by atoms with E-state index in [4.69, 9.17) is 33.3 Å². The first kappa shape index (κ1) is 17.4. The van der Waals surface area contributed by atoms with Crippen molar-refractivity contribution in [3.8, 4) is 11.5 Å². The normalized spacial score (nSPS) is 10.1. The van der Waals surface area contributed by atoms with Gasteiger partial charge in [0.05, 0.1) is 24.9 Å². The zero-order chi connectivity index (χ0) is 17.0. The Balaban J connectivity index is 2.19. The molecule has 6 heteroatoms. The molecule has 0 amide bonds. The van der Waals surface area contributed by atoms with E-state index in [1.54, 1.807) is 26.4 Å². The number of halogens is 1. The Morgan fingerprint density at radius 2 is 1.52 bits per heavy atom. The van der Waals surface area contributed by atoms with Crippen LogP contribution in [0, 0.1) is 13.8 Å². The molecule has 0 spiro atoms. The average Bonchev–Trinajstić information content (AvgIpc) is 2.47. The van der Waals surface area contributed by atoms with E-state index < -0.39 is 0 Å². The number of benzene rings is 2. The molecule has 0 aliphatic heterocycles. The highest BCUT2D eigenvalue weighted by Gasteiger charge is 2.11. The molecule has 2 rings (SSSR count). The maximum Gasteiger partial charge on any atom is 0.175 e. The lowest BCUT2D eigenvalue weighted by Crippen LogP contribution is -2.19. The van der Waals surface area contributed by atoms with Crippen molar-refractivity contribution >= 4 is 40.3 Å². The van der Waals surface area contributed by atoms with Crippen LogP contribution in [0.15, 0.2) is 30.3 Å². The number of methoxy groups -OCH3 is 2. The first-order chi connectivity index (χ1) is 10.9. The van der Waals surface area contributed by atoms with Gasteiger partial charge in [-0.3, -0.25) is 0 Å². The summed E-state index contributed by atoms with van der Waals surface area (Å²) in [5.74, 6) is 1.13. The fraction of sp³-hybridized carbons (Fsp3) is 0.235. The van der Waals surface area contributed by atoms with E-state index in [0.29, 0.717) is 27.3 Å². The topological polar surface area (TPSA) is 42.5 Å². The first-order valence-corrected chi connectivity index (χ1v) is 7.79. The van der Waals surface area contributed by atoms with Crippen molar-refractivity contribution in [2.75, 3.05) is 24.9 Å². The van der Waals surface area contributed by atoms with Crippen LogP contribution >= 0.6 is 23.8 Å². The van der Waals surface area contributed by atoms with E-state index >= 15 is 0 Å². The molecule has 0 atom stereocenters. The van der Waals surface area contributed by atoms with E-state index in [1.165, 1.54) is 11.1 Å². The fourth-order valence-corrected chi connectivity index (χ4v) is 2.75. The molecular weight excluding hydrogens is 332 g/mol. The number of hydrogen-bond acceptors (Lipinski definition) is 3. The van der Waals surface area contributed by atoms with Crippen LogP contribution in [0.3, 0.4) is 0 Å². The largest absolute Gasteiger partial charge is 0.495 e. The molecule has 0 radical (unpaired) electrons. The highest BCUT2D eigenvalue weighted by Crippen LogP contribution is 2.35. The molecule has 0 bridgehead atoms. The van der Waals surface area contributed by atoms with Gasteiger partial charge in [-0.15, -0.1) is 0 Å². The van der Waals surface area contributed by atoms with Gasteiger partial charge in [0.2, 0.25) is 0 Å². The number of aryl methyl sites for hydroxylation is 2. The minimum absolute atomic E-state index is 0.456. The Bertz CT molecular complexity index is 715. The Kier molecular flexibility index (Phi) is 5.69. The van der Waals surface area contributed by atoms with Crippen molar-refractivity contribution < 1.29 is 9.47 Å². The van der Waals surface area contributed by atoms with Gasteiger partial charge < -0.3 is 20.1 Å². The maximum atomic E-state index is 6.10. The third-order valence-electron chi connectivity index (χ3n) is 3.20. The summed E-state index contributed by atoms with van der Waals surface area (Å²) in [7, 11) is 3.13. The van der Waals surface area contributed by atoms with Crippen molar-refractivity contribution in [2.45, 2.75) is 13.8 Å². The second kappa shape index (κ2) is 7.53. The van der Waals surface area contributed by atoms with Crippen molar-refractivity contribution in [1.82, 2.24) is 0 Å². The van der Waals surface area contributed by atoms with Gasteiger partial charge in [0.1, 0.15) is 11.5 Å². The summed E-state index contributed by atoms with van der Waals surface area (Å²) in [6, 6.07) is 9.59. The van der Waals surface area contributed by atoms with Gasteiger partial charge in [-0.25, -0.2) is 0 Å². The minimum Gasteiger partial charge on any atom is -0.495 e. The van der Waals surface area contributed by atoms with Crippen LogP contribution in [0.4, 0.5) is 11.4 Å². The zero-order valence-electron chi connectivity index (χ0n) is 13.5. The minimum atomic E-state index is 0.456. The molecule has 0 aliphatic carbocycles. The molecule has 0 saturated heterocycles. The molecule has 0 aromatic heterocycles. The Morgan fingerprint density at radius 3 is 2.09 bits per heavy atom. The summed E-state index contributed by atoms with van der Waals surface area (Å²) in [6.45, 7) is 4.09. The second-order valence-electron chi connectivity index (χ2n) is 5.14. The van der Waals surface area contributed by atoms with Gasteiger partial charge in [0.25, 0.3) is 0 Å². The zero-order valence-corrected chi connectivity index (χ0v) is 15.1. The van der Waals surface area contributed by atoms with E-state index in [9.17, 15) is 0 Å². The molecule has 2 aromatic carbocycles. The molecule has 4 nitrogen and oxygen atoms in total. The van der Waals surface area contributed by atoms with Crippen LogP contribution in [0.5, 0.6) is 11.5 Å². The average molecular weight is 351 g/mol. The number of anilines is 2. The molecular formula is C17H19ClN2O2S. The third kappa shape index (κ3) is 4.50. The predicted molar refractivity (Wildman–Crippen MR) is 100 cm³/mol. The van der Waals surface area contributed by atoms with Gasteiger partial charge in [-0.2, -0.15) is 0 Å². The van der Waals surface area contributed by atoms with Crippen LogP contribution in [-0.2, 0) is 0 Å². The molecule has 0 heterocycles. The fourth-order valence-electron chi connectivity index (χ4n) is 2.29. The summed E-state index contributed by atoms with van der Waals surface area (Å²) in [6.07, 6.45) is 0. The summed E-state index contributed by atoms with van der Waals surface area (Å²) < 4.78 is 10.6. The molecule has 2 aromatic rings. The van der Waals surface area contributed by atoms with Gasteiger partial charge >= 0.3 is 0 Å². The monoisotopic (exact) mass is 350 g/mol. The van der Waals surface area contributed by atoms with E-state index in [2.05, 4.69) is 16.7 Å². The summed E-state index contributed by atoms with van der Waals surface area (Å²) in [4.78, 5) is 0. The molecule has 2 N–H and O–H groups in total. The summed E-state index contributed by atoms with van der Waals surface area (Å²) in [5, 5.41) is 7.21. The number of thiocarbonyl (C=S) groups is 1. The number of ether oxygens (including phenoxy) is 2. The van der Waals surface area contributed by atoms with Crippen LogP contribution in [0.2, 0.25) is 5.02 Å². The van der Waals surface area contributed by atoms with Crippen molar-refractivity contribution in [1.29, 1.82) is 0 Å². The van der Waals surface area contributed by atoms with Crippen molar-refractivity contribution in [3.63, 3.8) is 0 Å². The summed E-state index contributed by atoms with van der Waals surface area (Å²) in [5.41, 5.74) is 3.94. The van der Waals surface area contributed by atoms with Crippen LogP contribution in [0.1, 0.15) is 11.1 Å². The van der Waals surface area contributed by atoms with Gasteiger partial charge in [-0.05, 0) is 49.3 Å². The van der Waals surface area contributed by atoms with E-state index in [1.807, 2.05) is 26.0 Å². The number of rotatable bonds is 4. The lowest BCUT2D eigenvalue weighted by atomic mass is 10.1. The SMILES string of the molecule is COc1cc(NC(=S)Nc2cc(C)cc(C)c2)c(OC)cc1Cl. The third-order valence-corrected chi connectivity index (χ3v) is 3.70. The smallest absolute Gasteiger partial charge is 0.175 e. The number of hydrogen-bond donors (Lipinski definition) is 2. The Morgan fingerprint density at radius 1 is 0.913 bits per heavy atom. The molecule has 23 heavy (non-hydrogen) atoms. The highest BCUT2D eigenvalue weighted by atomic mass is 35.5. The Hall–Kier alpha value is -1.98. The summed E-state index contributed by atoms with van der Waals surface area (Å²) >= 11 is 11.5. The first-order valence-electron chi connectivity index (χ1n) is 7.00. The Labute approximate surface area is 146 Å². The standard InChI is InChI=1S/C17H19ClN2O2S/c1-10-5-11(2)7-12(6-10)19-17(23)20-14-9-15(21-3)13(18)8-16(14)22-4/h5-9H,1-4H3,(H2,19,20,23). The molecule has 0 aliphatic rings. The van der Waals surface area contributed by atoms with E-state index in [-0.39, 0.29) is 0 Å². The quantitative estimate of drug-likeness (QED) is 0.776. The van der Waals surface area contributed by atoms with Crippen LogP contribution in [-0.4, -0.2) is 19.3 Å². The molecule has 0 saturated carbocycles. The van der Waals surface area contributed by atoms with Gasteiger partial charge in [-0.1, -0.05) is 17.7 Å². The van der Waals surface area contributed by atoms with Crippen molar-refractivity contribution in [3.05, 3.63) is 46.5 Å². The van der Waals surface area contributed by atoms with E-state index in [0.717, 1.165) is 5.69 Å². The second-order valence-corrected chi connectivity index (χ2v) is 5.96. The van der Waals surface area contributed by atoms with Crippen molar-refractivity contribution in [2.24, 2.45) is 0 Å². The number of nitrogens with one attached hydrogen (secondary N) is 2. The maximum absolute atomic E-state index is 6.10. The van der Waals surface area contributed by atoms with Crippen LogP contribution in [0.25, 0.3) is 0 Å². The lowest BCUT2D eigenvalue weighted by molar-refractivity contribution is 0.405. The lowest BCUT2D eigenvalue weighted by Gasteiger charge is -2.16. The molecule has 0 unspecified atom stereocenters. The van der Waals surface area contributed by atoms with Crippen LogP contribution < -0.4 is 20.1 Å². The van der Waals surface area contributed by atoms with Gasteiger partial charge in [0, 0.05) is 17.8 Å². The molecule has 122 valence electrons. The van der Waals surface area contributed by atoms with Gasteiger partial charge in [0.15, 0.2) is 5.11 Å². The highest BCUT2D eigenvalue weighted by molar-refractivity contribution is 7.80. The predicted octanol–water partition coefficient (Wildman–Crippen LogP) is 4.78.